The molecular weight excluding hydrogens is 204 g/mol. The fourth-order valence-corrected chi connectivity index (χ4v) is 1.23. The maximum absolute atomic E-state index is 10.4. The summed E-state index contributed by atoms with van der Waals surface area (Å²) in [6.07, 6.45) is 11.6. The number of allylic oxidation sites excluding steroid dienone is 6. The number of carbonyl (C=O) groups is 1. The second-order valence-electron chi connectivity index (χ2n) is 2.30. The lowest BCUT2D eigenvalue weighted by Crippen LogP contribution is -2.02. The molecular formula is C9H9BrO. The van der Waals surface area contributed by atoms with Gasteiger partial charge in [-0.3, -0.25) is 0 Å². The van der Waals surface area contributed by atoms with Crippen LogP contribution in [0.2, 0.25) is 0 Å². The monoisotopic (exact) mass is 212 g/mol. The third-order valence-electron chi connectivity index (χ3n) is 1.50. The molecule has 1 aliphatic carbocycles. The van der Waals surface area contributed by atoms with E-state index < -0.39 is 0 Å². The van der Waals surface area contributed by atoms with Crippen molar-refractivity contribution in [3.05, 3.63) is 36.0 Å². The molecule has 0 aliphatic heterocycles. The molecule has 0 bridgehead atoms. The molecule has 0 radical (unpaired) electrons. The number of alkyl halides is 1. The van der Waals surface area contributed by atoms with Gasteiger partial charge in [0.1, 0.15) is 6.29 Å². The van der Waals surface area contributed by atoms with Gasteiger partial charge in [-0.25, -0.2) is 0 Å². The van der Waals surface area contributed by atoms with Crippen LogP contribution in [0.25, 0.3) is 0 Å². The van der Waals surface area contributed by atoms with Crippen molar-refractivity contribution in [3.63, 3.8) is 0 Å². The second-order valence-corrected chi connectivity index (χ2v) is 3.28. The van der Waals surface area contributed by atoms with Crippen LogP contribution in [0.5, 0.6) is 0 Å². The van der Waals surface area contributed by atoms with Gasteiger partial charge in [0.25, 0.3) is 0 Å². The summed E-state index contributed by atoms with van der Waals surface area (Å²) in [5.41, 5.74) is 1.10. The molecule has 0 aromatic heterocycles. The molecule has 1 aliphatic rings. The summed E-state index contributed by atoms with van der Waals surface area (Å²) in [4.78, 5) is 10.3. The van der Waals surface area contributed by atoms with E-state index in [9.17, 15) is 4.79 Å². The fraction of sp³-hybridized carbons (Fsp3) is 0.222. The van der Waals surface area contributed by atoms with Crippen molar-refractivity contribution >= 4 is 22.2 Å². The van der Waals surface area contributed by atoms with Crippen molar-refractivity contribution < 1.29 is 4.79 Å². The van der Waals surface area contributed by atoms with E-state index in [0.29, 0.717) is 0 Å². The van der Waals surface area contributed by atoms with Crippen molar-refractivity contribution in [2.45, 2.75) is 11.2 Å². The third kappa shape index (κ3) is 2.46. The average Bonchev–Trinajstić information content (AvgIpc) is 2.30. The lowest BCUT2D eigenvalue weighted by atomic mass is 10.1. The average molecular weight is 213 g/mol. The first-order valence-corrected chi connectivity index (χ1v) is 4.38. The summed E-state index contributed by atoms with van der Waals surface area (Å²) < 4.78 is 0. The lowest BCUT2D eigenvalue weighted by Gasteiger charge is -2.03. The van der Waals surface area contributed by atoms with Crippen LogP contribution in [0.15, 0.2) is 36.0 Å². The van der Waals surface area contributed by atoms with E-state index in [2.05, 4.69) is 15.9 Å². The SMILES string of the molecule is O=CC(Br)C1=CC=CC=CC1. The second kappa shape index (κ2) is 4.29. The maximum Gasteiger partial charge on any atom is 0.137 e. The van der Waals surface area contributed by atoms with Crippen molar-refractivity contribution in [1.82, 2.24) is 0 Å². The van der Waals surface area contributed by atoms with Crippen LogP contribution in [0.1, 0.15) is 6.42 Å². The predicted octanol–water partition coefficient (Wildman–Crippen LogP) is 2.39. The molecule has 0 amide bonds. The van der Waals surface area contributed by atoms with Gasteiger partial charge >= 0.3 is 0 Å². The zero-order valence-electron chi connectivity index (χ0n) is 6.03. The van der Waals surface area contributed by atoms with Gasteiger partial charge in [0.2, 0.25) is 0 Å². The highest BCUT2D eigenvalue weighted by atomic mass is 79.9. The van der Waals surface area contributed by atoms with E-state index >= 15 is 0 Å². The van der Waals surface area contributed by atoms with Crippen LogP contribution < -0.4 is 0 Å². The van der Waals surface area contributed by atoms with Gasteiger partial charge in [0.15, 0.2) is 0 Å². The summed E-state index contributed by atoms with van der Waals surface area (Å²) in [7, 11) is 0. The molecule has 1 unspecified atom stereocenters. The molecule has 0 fully saturated rings. The molecule has 1 atom stereocenters. The van der Waals surface area contributed by atoms with E-state index in [1.54, 1.807) is 0 Å². The number of hydrogen-bond donors (Lipinski definition) is 0. The van der Waals surface area contributed by atoms with Crippen molar-refractivity contribution in [3.8, 4) is 0 Å². The summed E-state index contributed by atoms with van der Waals surface area (Å²) in [6, 6.07) is 0. The normalized spacial score (nSPS) is 18.8. The minimum atomic E-state index is -0.130. The molecule has 0 N–H and O–H groups in total. The smallest absolute Gasteiger partial charge is 0.137 e. The Labute approximate surface area is 74.6 Å². The molecule has 0 saturated carbocycles. The van der Waals surface area contributed by atoms with E-state index in [1.165, 1.54) is 0 Å². The highest BCUT2D eigenvalue weighted by Crippen LogP contribution is 2.16. The zero-order chi connectivity index (χ0) is 8.10. The highest BCUT2D eigenvalue weighted by Gasteiger charge is 2.06. The highest BCUT2D eigenvalue weighted by molar-refractivity contribution is 9.10. The summed E-state index contributed by atoms with van der Waals surface area (Å²) in [5, 5.41) is 0. The summed E-state index contributed by atoms with van der Waals surface area (Å²) in [5.74, 6) is 0. The van der Waals surface area contributed by atoms with Gasteiger partial charge in [-0.05, 0) is 12.0 Å². The van der Waals surface area contributed by atoms with Crippen molar-refractivity contribution in [1.29, 1.82) is 0 Å². The van der Waals surface area contributed by atoms with Gasteiger partial charge in [-0.2, -0.15) is 0 Å². The van der Waals surface area contributed by atoms with Gasteiger partial charge in [-0.15, -0.1) is 0 Å². The van der Waals surface area contributed by atoms with E-state index in [1.807, 2.05) is 30.4 Å². The van der Waals surface area contributed by atoms with Crippen LogP contribution in [0, 0.1) is 0 Å². The number of carbonyl (C=O) groups excluding carboxylic acids is 1. The van der Waals surface area contributed by atoms with E-state index in [4.69, 9.17) is 0 Å². The zero-order valence-corrected chi connectivity index (χ0v) is 7.62. The van der Waals surface area contributed by atoms with Crippen LogP contribution in [0.4, 0.5) is 0 Å². The van der Waals surface area contributed by atoms with Crippen LogP contribution in [-0.4, -0.2) is 11.1 Å². The van der Waals surface area contributed by atoms with Gasteiger partial charge < -0.3 is 4.79 Å². The topological polar surface area (TPSA) is 17.1 Å². The lowest BCUT2D eigenvalue weighted by molar-refractivity contribution is -0.106. The molecule has 0 spiro atoms. The first-order valence-electron chi connectivity index (χ1n) is 3.46. The van der Waals surface area contributed by atoms with E-state index in [-0.39, 0.29) is 4.83 Å². The molecule has 0 aromatic rings. The molecule has 11 heavy (non-hydrogen) atoms. The first-order chi connectivity index (χ1) is 5.34. The van der Waals surface area contributed by atoms with E-state index in [0.717, 1.165) is 18.3 Å². The molecule has 0 saturated heterocycles. The standard InChI is InChI=1S/C9H9BrO/c10-9(7-11)8-5-3-1-2-4-6-8/h1-5,7,9H,6H2. The van der Waals surface area contributed by atoms with Crippen molar-refractivity contribution in [2.75, 3.05) is 0 Å². The Morgan fingerprint density at radius 3 is 3.00 bits per heavy atom. The number of halogens is 1. The van der Waals surface area contributed by atoms with Crippen LogP contribution >= 0.6 is 15.9 Å². The van der Waals surface area contributed by atoms with Gasteiger partial charge in [-0.1, -0.05) is 46.3 Å². The Hall–Kier alpha value is -0.630. The molecule has 0 heterocycles. The van der Waals surface area contributed by atoms with Crippen molar-refractivity contribution in [2.24, 2.45) is 0 Å². The van der Waals surface area contributed by atoms with Gasteiger partial charge in [0, 0.05) is 0 Å². The fourth-order valence-electron chi connectivity index (χ4n) is 0.886. The molecule has 0 aromatic carbocycles. The Kier molecular flexibility index (Phi) is 3.30. The molecule has 2 heteroatoms. The number of hydrogen-bond acceptors (Lipinski definition) is 1. The quantitative estimate of drug-likeness (QED) is 0.508. The van der Waals surface area contributed by atoms with Crippen LogP contribution in [0.3, 0.4) is 0 Å². The summed E-state index contributed by atoms with van der Waals surface area (Å²) >= 11 is 3.27. The maximum atomic E-state index is 10.4. The largest absolute Gasteiger partial charge is 0.302 e. The molecule has 58 valence electrons. The van der Waals surface area contributed by atoms with Crippen LogP contribution in [-0.2, 0) is 4.79 Å². The molecule has 1 rings (SSSR count). The Morgan fingerprint density at radius 1 is 1.45 bits per heavy atom. The molecule has 1 nitrogen and oxygen atoms in total. The minimum Gasteiger partial charge on any atom is -0.302 e. The third-order valence-corrected chi connectivity index (χ3v) is 2.30. The minimum absolute atomic E-state index is 0.130. The number of aldehydes is 1. The predicted molar refractivity (Wildman–Crippen MR) is 49.8 cm³/mol. The summed E-state index contributed by atoms with van der Waals surface area (Å²) in [6.45, 7) is 0. The number of rotatable bonds is 2. The first kappa shape index (κ1) is 8.47. The Balaban J connectivity index is 2.71. The Morgan fingerprint density at radius 2 is 2.27 bits per heavy atom. The Bertz CT molecular complexity index is 226. The van der Waals surface area contributed by atoms with Gasteiger partial charge in [0.05, 0.1) is 4.83 Å².